The molecule has 0 bridgehead atoms. The summed E-state index contributed by atoms with van der Waals surface area (Å²) in [7, 11) is 4.17. The zero-order chi connectivity index (χ0) is 8.69. The summed E-state index contributed by atoms with van der Waals surface area (Å²) in [6.45, 7) is 6.13. The SMILES string of the molecule is CCCC(CN(C)C)OCC. The van der Waals surface area contributed by atoms with Crippen molar-refractivity contribution in [3.05, 3.63) is 0 Å². The molecular formula is C9H21NO. The van der Waals surface area contributed by atoms with E-state index < -0.39 is 0 Å². The Bertz CT molecular complexity index is 77.6. The van der Waals surface area contributed by atoms with Crippen LogP contribution < -0.4 is 0 Å². The molecule has 0 aliphatic rings. The first-order valence-electron chi connectivity index (χ1n) is 4.47. The van der Waals surface area contributed by atoms with Crippen LogP contribution in [-0.4, -0.2) is 38.3 Å². The van der Waals surface area contributed by atoms with Gasteiger partial charge >= 0.3 is 0 Å². The van der Waals surface area contributed by atoms with Crippen molar-refractivity contribution in [1.29, 1.82) is 0 Å². The Morgan fingerprint density at radius 2 is 1.91 bits per heavy atom. The molecule has 0 radical (unpaired) electrons. The van der Waals surface area contributed by atoms with Gasteiger partial charge in [-0.05, 0) is 27.4 Å². The summed E-state index contributed by atoms with van der Waals surface area (Å²) >= 11 is 0. The number of hydrogen-bond donors (Lipinski definition) is 0. The third kappa shape index (κ3) is 6.32. The van der Waals surface area contributed by atoms with Crippen molar-refractivity contribution in [1.82, 2.24) is 4.90 Å². The van der Waals surface area contributed by atoms with Crippen LogP contribution in [0.3, 0.4) is 0 Å². The number of likely N-dealkylation sites (N-methyl/N-ethyl adjacent to an activating group) is 1. The Balaban J connectivity index is 3.50. The first-order valence-corrected chi connectivity index (χ1v) is 4.47. The van der Waals surface area contributed by atoms with Crippen LogP contribution in [0.15, 0.2) is 0 Å². The lowest BCUT2D eigenvalue weighted by Crippen LogP contribution is -2.28. The molecule has 2 heteroatoms. The van der Waals surface area contributed by atoms with Gasteiger partial charge in [0.15, 0.2) is 0 Å². The van der Waals surface area contributed by atoms with Gasteiger partial charge in [0.05, 0.1) is 6.10 Å². The van der Waals surface area contributed by atoms with E-state index in [0.717, 1.165) is 13.2 Å². The van der Waals surface area contributed by atoms with Crippen LogP contribution in [0.2, 0.25) is 0 Å². The Morgan fingerprint density at radius 3 is 2.27 bits per heavy atom. The van der Waals surface area contributed by atoms with Gasteiger partial charge in [-0.15, -0.1) is 0 Å². The van der Waals surface area contributed by atoms with Crippen LogP contribution in [0.5, 0.6) is 0 Å². The Kier molecular flexibility index (Phi) is 6.57. The summed E-state index contributed by atoms with van der Waals surface area (Å²) in [6, 6.07) is 0. The monoisotopic (exact) mass is 159 g/mol. The Hall–Kier alpha value is -0.0800. The zero-order valence-corrected chi connectivity index (χ0v) is 8.26. The number of ether oxygens (including phenoxy) is 1. The van der Waals surface area contributed by atoms with E-state index in [1.54, 1.807) is 0 Å². The first-order chi connectivity index (χ1) is 5.20. The largest absolute Gasteiger partial charge is 0.377 e. The van der Waals surface area contributed by atoms with E-state index in [2.05, 4.69) is 32.8 Å². The highest BCUT2D eigenvalue weighted by Gasteiger charge is 2.07. The Labute approximate surface area is 70.5 Å². The van der Waals surface area contributed by atoms with Crippen LogP contribution in [0, 0.1) is 0 Å². The van der Waals surface area contributed by atoms with Crippen molar-refractivity contribution in [2.45, 2.75) is 32.8 Å². The molecule has 11 heavy (non-hydrogen) atoms. The summed E-state index contributed by atoms with van der Waals surface area (Å²) in [5.41, 5.74) is 0. The van der Waals surface area contributed by atoms with E-state index in [4.69, 9.17) is 4.74 Å². The standard InChI is InChI=1S/C9H21NO/c1-5-7-9(11-6-2)8-10(3)4/h9H,5-8H2,1-4H3. The normalized spacial score (nSPS) is 13.9. The van der Waals surface area contributed by atoms with E-state index in [1.807, 2.05) is 0 Å². The maximum Gasteiger partial charge on any atom is 0.0701 e. The van der Waals surface area contributed by atoms with E-state index in [9.17, 15) is 0 Å². The predicted molar refractivity (Wildman–Crippen MR) is 48.9 cm³/mol. The first kappa shape index (κ1) is 10.9. The molecule has 68 valence electrons. The summed E-state index contributed by atoms with van der Waals surface area (Å²) in [4.78, 5) is 2.18. The quantitative estimate of drug-likeness (QED) is 0.585. The maximum absolute atomic E-state index is 5.55. The molecule has 1 unspecified atom stereocenters. The van der Waals surface area contributed by atoms with Gasteiger partial charge in [0, 0.05) is 13.2 Å². The molecular weight excluding hydrogens is 138 g/mol. The van der Waals surface area contributed by atoms with Gasteiger partial charge in [0.25, 0.3) is 0 Å². The van der Waals surface area contributed by atoms with Crippen LogP contribution in [0.1, 0.15) is 26.7 Å². The Morgan fingerprint density at radius 1 is 1.27 bits per heavy atom. The van der Waals surface area contributed by atoms with Gasteiger partial charge in [-0.3, -0.25) is 0 Å². The molecule has 0 saturated heterocycles. The molecule has 0 N–H and O–H groups in total. The third-order valence-corrected chi connectivity index (χ3v) is 1.58. The van der Waals surface area contributed by atoms with Crippen molar-refractivity contribution in [3.8, 4) is 0 Å². The molecule has 0 amide bonds. The number of hydrogen-bond acceptors (Lipinski definition) is 2. The maximum atomic E-state index is 5.55. The van der Waals surface area contributed by atoms with Crippen molar-refractivity contribution in [2.24, 2.45) is 0 Å². The van der Waals surface area contributed by atoms with Crippen molar-refractivity contribution in [2.75, 3.05) is 27.2 Å². The molecule has 1 atom stereocenters. The lowest BCUT2D eigenvalue weighted by molar-refractivity contribution is 0.0382. The lowest BCUT2D eigenvalue weighted by Gasteiger charge is -2.20. The molecule has 0 rings (SSSR count). The van der Waals surface area contributed by atoms with Gasteiger partial charge in [-0.1, -0.05) is 13.3 Å². The minimum absolute atomic E-state index is 0.431. The van der Waals surface area contributed by atoms with Crippen molar-refractivity contribution in [3.63, 3.8) is 0 Å². The summed E-state index contributed by atoms with van der Waals surface area (Å²) < 4.78 is 5.55. The third-order valence-electron chi connectivity index (χ3n) is 1.58. The molecule has 0 aromatic carbocycles. The van der Waals surface area contributed by atoms with Crippen LogP contribution >= 0.6 is 0 Å². The number of rotatable bonds is 6. The molecule has 0 aliphatic heterocycles. The average molecular weight is 159 g/mol. The van der Waals surface area contributed by atoms with E-state index in [0.29, 0.717) is 6.10 Å². The van der Waals surface area contributed by atoms with Crippen LogP contribution in [0.4, 0.5) is 0 Å². The fourth-order valence-corrected chi connectivity index (χ4v) is 1.19. The summed E-state index contributed by atoms with van der Waals surface area (Å²) in [5, 5.41) is 0. The smallest absolute Gasteiger partial charge is 0.0701 e. The predicted octanol–water partition coefficient (Wildman–Crippen LogP) is 1.75. The van der Waals surface area contributed by atoms with E-state index >= 15 is 0 Å². The summed E-state index contributed by atoms with van der Waals surface area (Å²) in [5.74, 6) is 0. The van der Waals surface area contributed by atoms with Crippen LogP contribution in [-0.2, 0) is 4.74 Å². The summed E-state index contributed by atoms with van der Waals surface area (Å²) in [6.07, 6.45) is 2.81. The molecule has 0 saturated carbocycles. The molecule has 0 aromatic heterocycles. The van der Waals surface area contributed by atoms with Crippen LogP contribution in [0.25, 0.3) is 0 Å². The van der Waals surface area contributed by atoms with Gasteiger partial charge < -0.3 is 9.64 Å². The minimum atomic E-state index is 0.431. The van der Waals surface area contributed by atoms with E-state index in [-0.39, 0.29) is 0 Å². The van der Waals surface area contributed by atoms with Gasteiger partial charge in [-0.25, -0.2) is 0 Å². The average Bonchev–Trinajstić information content (AvgIpc) is 1.87. The zero-order valence-electron chi connectivity index (χ0n) is 8.26. The highest BCUT2D eigenvalue weighted by molar-refractivity contribution is 4.59. The molecule has 2 nitrogen and oxygen atoms in total. The molecule has 0 heterocycles. The molecule has 0 fully saturated rings. The second-order valence-corrected chi connectivity index (χ2v) is 3.13. The molecule has 0 aliphatic carbocycles. The fourth-order valence-electron chi connectivity index (χ4n) is 1.19. The van der Waals surface area contributed by atoms with Crippen molar-refractivity contribution >= 4 is 0 Å². The number of nitrogens with zero attached hydrogens (tertiary/aromatic N) is 1. The second-order valence-electron chi connectivity index (χ2n) is 3.13. The minimum Gasteiger partial charge on any atom is -0.377 e. The van der Waals surface area contributed by atoms with Gasteiger partial charge in [0.1, 0.15) is 0 Å². The van der Waals surface area contributed by atoms with Gasteiger partial charge in [-0.2, -0.15) is 0 Å². The fraction of sp³-hybridized carbons (Fsp3) is 1.00. The lowest BCUT2D eigenvalue weighted by atomic mass is 10.2. The highest BCUT2D eigenvalue weighted by Crippen LogP contribution is 2.02. The van der Waals surface area contributed by atoms with E-state index in [1.165, 1.54) is 12.8 Å². The topological polar surface area (TPSA) is 12.5 Å². The van der Waals surface area contributed by atoms with Gasteiger partial charge in [0.2, 0.25) is 0 Å². The highest BCUT2D eigenvalue weighted by atomic mass is 16.5. The van der Waals surface area contributed by atoms with Crippen molar-refractivity contribution < 1.29 is 4.74 Å². The molecule has 0 spiro atoms. The molecule has 0 aromatic rings. The second kappa shape index (κ2) is 6.62.